The molecule has 8 bridgehead atoms. The van der Waals surface area contributed by atoms with Crippen LogP contribution >= 0.6 is 0 Å². The normalized spacial score (nSPS) is 26.9. The summed E-state index contributed by atoms with van der Waals surface area (Å²) >= 11 is 0. The molecule has 16 atom stereocenters. The number of carbonyl (C=O) groups excluding carboxylic acids is 10. The second kappa shape index (κ2) is 41.7. The zero-order valence-corrected chi connectivity index (χ0v) is 77.8. The predicted octanol–water partition coefficient (Wildman–Crippen LogP) is 0.975. The minimum absolute atomic E-state index is 0. The highest BCUT2D eigenvalue weighted by Gasteiger charge is 2.57. The fourth-order valence-electron chi connectivity index (χ4n) is 21.5. The molecule has 8 saturated heterocycles. The van der Waals surface area contributed by atoms with Gasteiger partial charge in [-0.1, -0.05) is 24.3 Å². The summed E-state index contributed by atoms with van der Waals surface area (Å²) < 4.78 is 82.4. The lowest BCUT2D eigenvalue weighted by molar-refractivity contribution is -0.961. The van der Waals surface area contributed by atoms with E-state index in [2.05, 4.69) is 28.2 Å². The highest BCUT2D eigenvalue weighted by Crippen LogP contribution is 2.51. The third-order valence-electron chi connectivity index (χ3n) is 27.2. The Morgan fingerprint density at radius 2 is 0.524 bits per heavy atom. The van der Waals surface area contributed by atoms with Gasteiger partial charge in [-0.05, 0) is 71.4 Å². The number of hydrogen-bond donors (Lipinski definition) is 0. The second-order valence-corrected chi connectivity index (χ2v) is 35.0. The van der Waals surface area contributed by atoms with Crippen LogP contribution in [-0.2, 0) is 93.1 Å². The summed E-state index contributed by atoms with van der Waals surface area (Å²) in [6.07, 6.45) is 12.8. The number of carbonyl (C=O) groups is 10. The third-order valence-corrected chi connectivity index (χ3v) is 27.2. The van der Waals surface area contributed by atoms with Crippen molar-refractivity contribution < 1.29 is 191 Å². The first kappa shape index (κ1) is 98.9. The van der Waals surface area contributed by atoms with Gasteiger partial charge >= 0.3 is 59.7 Å². The average molecular weight is 1890 g/mol. The first-order chi connectivity index (χ1) is 57.1. The summed E-state index contributed by atoms with van der Waals surface area (Å²) in [5, 5.41) is 3.09. The van der Waals surface area contributed by atoms with Gasteiger partial charge in [-0.3, -0.25) is 47.9 Å². The fraction of sp³-hybridized carbons (Fsp3) is 0.543. The van der Waals surface area contributed by atoms with Crippen LogP contribution in [0.25, 0.3) is 21.5 Å². The molecular formula is C92H116Br2Cl2N4O24. The van der Waals surface area contributed by atoms with Crippen LogP contribution in [0.2, 0.25) is 0 Å². The molecule has 676 valence electrons. The lowest BCUT2D eigenvalue weighted by Gasteiger charge is -2.47. The molecule has 6 aromatic carbocycles. The first-order valence-corrected chi connectivity index (χ1v) is 42.1. The maximum Gasteiger partial charge on any atom is 0.308 e. The van der Waals surface area contributed by atoms with Gasteiger partial charge in [-0.15, -0.1) is 0 Å². The minimum Gasteiger partial charge on any atom is -1.00 e. The molecule has 0 aliphatic carbocycles. The molecule has 0 amide bonds. The van der Waals surface area contributed by atoms with Gasteiger partial charge in [0.25, 0.3) is 0 Å². The molecular weight excluding hydrogens is 1780 g/mol. The van der Waals surface area contributed by atoms with Gasteiger partial charge in [-0.25, -0.2) is 0 Å². The van der Waals surface area contributed by atoms with Crippen LogP contribution < -0.4 is 106 Å². The number of fused-ring (bicyclic) bond motifs is 10. The van der Waals surface area contributed by atoms with Crippen LogP contribution in [0.5, 0.6) is 57.5 Å². The molecule has 0 saturated carbocycles. The number of rotatable bonds is 28. The Bertz CT molecular complexity index is 4560. The predicted molar refractivity (Wildman–Crippen MR) is 437 cm³/mol. The van der Waals surface area contributed by atoms with Gasteiger partial charge in [0.15, 0.2) is 23.0 Å². The van der Waals surface area contributed by atoms with Crippen LogP contribution in [0, 0.1) is 0 Å². The number of nitrogens with zero attached hydrogens (tertiary/aromatic N) is 4. The van der Waals surface area contributed by atoms with E-state index in [0.29, 0.717) is 120 Å². The zero-order valence-electron chi connectivity index (χ0n) is 73.1. The van der Waals surface area contributed by atoms with E-state index in [1.54, 1.807) is 24.3 Å². The van der Waals surface area contributed by atoms with Gasteiger partial charge in [0, 0.05) is 177 Å². The Labute approximate surface area is 757 Å². The Balaban J connectivity index is 0.000000275. The molecule has 32 heteroatoms. The monoisotopic (exact) mass is 1890 g/mol. The average Bonchev–Trinajstić information content (AvgIpc) is 1.75. The van der Waals surface area contributed by atoms with Crippen LogP contribution in [0.1, 0.15) is 192 Å². The lowest BCUT2D eigenvalue weighted by Crippen LogP contribution is -3.00. The molecule has 8 unspecified atom stereocenters. The summed E-state index contributed by atoms with van der Waals surface area (Å²) in [4.78, 5) is 124. The van der Waals surface area contributed by atoms with Crippen LogP contribution in [0.3, 0.4) is 0 Å². The molecule has 8 aliphatic heterocycles. The molecule has 8 heterocycles. The van der Waals surface area contributed by atoms with E-state index < -0.39 is 47.8 Å². The SMILES string of the molecule is CC(=O)Oc1cc2c(OC(C)=O)cccc2cc1C[N+]1(C)[C@@H]2CC[C@H]1CC(OC(=O)CCC(=O)OC1C[C@H]3CC[C@@H](C1)[N+]3(C)Cc1cc3cccc(OC(C)=O)c3cc1OC(C)=O)C2.COc1cc(C[N+]2(C)[C@@H]3CC[C@H]2CC(OC(=O)CCC(=O)OC2C[C@H]4CC[C@@H](C2)[N+]4(C)Cc2cc(OC)c(OC(C)=O)c(OC)c2)C3)cc(OC)c1OC(C)=O.[Br-].[Br-].[Cl-].[Cl-]. The molecule has 6 aromatic rings. The summed E-state index contributed by atoms with van der Waals surface area (Å²) in [7, 11) is 15.1. The molecule has 14 rings (SSSR count). The third kappa shape index (κ3) is 22.2. The molecule has 0 N–H and O–H groups in total. The van der Waals surface area contributed by atoms with E-state index in [1.165, 1.54) is 70.0 Å². The van der Waals surface area contributed by atoms with E-state index in [9.17, 15) is 47.9 Å². The van der Waals surface area contributed by atoms with Crippen molar-refractivity contribution in [1.29, 1.82) is 0 Å². The van der Waals surface area contributed by atoms with Gasteiger partial charge in [-0.2, -0.15) is 0 Å². The largest absolute Gasteiger partial charge is 1.00 e. The highest BCUT2D eigenvalue weighted by atomic mass is 79.9. The summed E-state index contributed by atoms with van der Waals surface area (Å²) in [5.74, 6) is -0.259. The standard InChI is InChI=1S/C50H58N2O12.C42H58N2O12.2BrH.2ClH/c1-29(53)59-45-11-7-9-33-19-35(47(25-43(33)45)61-31(3)55)27-51(5)37-13-14-38(51)22-41(21-37)63-49(57)17-18-50(58)64-42-23-39-15-16-40(24-42)52(39,6)28-36-20-34-10-8-12-46(60-30(2)54)44(34)26-48(36)62-32(4)56;1-25(45)53-41-35(49-5)15-27(16-36(41)50-6)23-43(3)29-9-10-30(43)20-33(19-29)55-39(47)13-14-40(48)56-34-21-31-11-12-32(22-34)44(31,4)24-28-17-37(51-7)42(54-26(2)46)38(18-28)52-8;;;;/h7-12,19-20,25-26,37-42H,13-18,21-24,27-28H2,1-6H3;15-18,29-34H,9-14,19-24H2,1-8H3;4*1H/q2*+2;;;;/p-4/t37-,38+,39-,40+,41?,42?,51?,52?;29-,30+,31-,32+,33?,34?,43?,44?;;;;. The quantitative estimate of drug-likeness (QED) is 0.0286. The molecule has 124 heavy (non-hydrogen) atoms. The van der Waals surface area contributed by atoms with Crippen LogP contribution in [0.15, 0.2) is 84.9 Å². The summed E-state index contributed by atoms with van der Waals surface area (Å²) in [6.45, 7) is 10.8. The molecule has 8 fully saturated rings. The van der Waals surface area contributed by atoms with E-state index in [4.69, 9.17) is 66.3 Å². The van der Waals surface area contributed by atoms with E-state index in [1.807, 2.05) is 60.7 Å². The van der Waals surface area contributed by atoms with Gasteiger partial charge in [0.05, 0.1) is 131 Å². The van der Waals surface area contributed by atoms with Crippen molar-refractivity contribution in [2.45, 2.75) is 269 Å². The maximum absolute atomic E-state index is 13.2. The fourth-order valence-corrected chi connectivity index (χ4v) is 21.5. The smallest absolute Gasteiger partial charge is 0.308 e. The molecule has 8 aliphatic rings. The van der Waals surface area contributed by atoms with Gasteiger partial charge in [0.2, 0.25) is 11.5 Å². The number of piperidine rings is 4. The maximum atomic E-state index is 13.2. The number of benzene rings is 6. The van der Waals surface area contributed by atoms with Gasteiger partial charge < -0.3 is 143 Å². The first-order valence-electron chi connectivity index (χ1n) is 42.1. The zero-order chi connectivity index (χ0) is 85.9. The van der Waals surface area contributed by atoms with Crippen molar-refractivity contribution >= 4 is 81.2 Å². The van der Waals surface area contributed by atoms with Crippen molar-refractivity contribution in [2.75, 3.05) is 56.6 Å². The Morgan fingerprint density at radius 1 is 0.298 bits per heavy atom. The highest BCUT2D eigenvalue weighted by molar-refractivity contribution is 5.94. The van der Waals surface area contributed by atoms with Crippen molar-refractivity contribution in [3.8, 4) is 57.5 Å². The number of hydrogen-bond acceptors (Lipinski definition) is 24. The Kier molecular flexibility index (Phi) is 33.3. The summed E-state index contributed by atoms with van der Waals surface area (Å²) in [5.41, 5.74) is 3.76. The van der Waals surface area contributed by atoms with Gasteiger partial charge in [0.1, 0.15) is 73.6 Å². The lowest BCUT2D eigenvalue weighted by atomic mass is 9.94. The number of ether oxygens (including phenoxy) is 14. The van der Waals surface area contributed by atoms with E-state index in [0.717, 1.165) is 141 Å². The van der Waals surface area contributed by atoms with E-state index >= 15 is 0 Å². The van der Waals surface area contributed by atoms with Crippen LogP contribution in [0.4, 0.5) is 0 Å². The van der Waals surface area contributed by atoms with Crippen molar-refractivity contribution in [3.63, 3.8) is 0 Å². The van der Waals surface area contributed by atoms with Crippen molar-refractivity contribution in [2.24, 2.45) is 0 Å². The van der Waals surface area contributed by atoms with Crippen molar-refractivity contribution in [3.05, 3.63) is 107 Å². The Morgan fingerprint density at radius 3 is 0.750 bits per heavy atom. The molecule has 0 aromatic heterocycles. The van der Waals surface area contributed by atoms with Crippen LogP contribution in [-0.4, -0.2) is 207 Å². The second-order valence-electron chi connectivity index (χ2n) is 35.0. The molecule has 28 nitrogen and oxygen atoms in total. The molecule has 0 radical (unpaired) electrons. The Hall–Kier alpha value is -8.88. The number of quaternary nitrogens is 4. The topological polar surface area (TPSA) is 300 Å². The number of methoxy groups -OCH3 is 4. The summed E-state index contributed by atoms with van der Waals surface area (Å²) in [6, 6.07) is 28.2. The number of esters is 10. The van der Waals surface area contributed by atoms with Crippen molar-refractivity contribution in [1.82, 2.24) is 0 Å². The van der Waals surface area contributed by atoms with E-state index in [-0.39, 0.29) is 156 Å². The molecule has 0 spiro atoms. The number of halogens is 4. The minimum atomic E-state index is -0.456.